The second-order valence-electron chi connectivity index (χ2n) is 4.04. The van der Waals surface area contributed by atoms with Crippen molar-refractivity contribution in [1.82, 2.24) is 9.97 Å². The third-order valence-electron chi connectivity index (χ3n) is 2.75. The SMILES string of the molecule is CCc1cnc(CNc2nccc(C(=O)OC)c2N)s1. The number of nitrogens with one attached hydrogen (secondary N) is 1. The van der Waals surface area contributed by atoms with Crippen LogP contribution in [0.4, 0.5) is 11.5 Å². The van der Waals surface area contributed by atoms with Crippen LogP contribution in [0.15, 0.2) is 18.5 Å². The average Bonchev–Trinajstić information content (AvgIpc) is 2.93. The lowest BCUT2D eigenvalue weighted by Gasteiger charge is -2.09. The van der Waals surface area contributed by atoms with E-state index in [2.05, 4.69) is 26.9 Å². The summed E-state index contributed by atoms with van der Waals surface area (Å²) in [5, 5.41) is 4.04. The Morgan fingerprint density at radius 2 is 2.30 bits per heavy atom. The van der Waals surface area contributed by atoms with E-state index in [1.807, 2.05) is 6.20 Å². The van der Waals surface area contributed by atoms with Gasteiger partial charge in [0, 0.05) is 17.3 Å². The fraction of sp³-hybridized carbons (Fsp3) is 0.308. The number of hydrogen-bond acceptors (Lipinski definition) is 7. The standard InChI is InChI=1S/C13H16N4O2S/c1-3-8-6-16-10(20-8)7-17-12-11(14)9(4-5-15-12)13(18)19-2/h4-6H,3,7,14H2,1-2H3,(H,15,17). The van der Waals surface area contributed by atoms with Crippen LogP contribution in [-0.2, 0) is 17.7 Å². The van der Waals surface area contributed by atoms with Gasteiger partial charge in [-0.05, 0) is 12.5 Å². The highest BCUT2D eigenvalue weighted by Crippen LogP contribution is 2.22. The molecule has 0 saturated carbocycles. The normalized spacial score (nSPS) is 10.3. The van der Waals surface area contributed by atoms with E-state index in [0.717, 1.165) is 11.4 Å². The molecule has 0 atom stereocenters. The van der Waals surface area contributed by atoms with E-state index in [9.17, 15) is 4.79 Å². The minimum atomic E-state index is -0.476. The number of methoxy groups -OCH3 is 1. The smallest absolute Gasteiger partial charge is 0.340 e. The highest BCUT2D eigenvalue weighted by molar-refractivity contribution is 7.11. The Balaban J connectivity index is 2.11. The maximum Gasteiger partial charge on any atom is 0.340 e. The lowest BCUT2D eigenvalue weighted by Crippen LogP contribution is -2.10. The molecule has 0 bridgehead atoms. The third kappa shape index (κ3) is 3.05. The van der Waals surface area contributed by atoms with Gasteiger partial charge in [-0.2, -0.15) is 0 Å². The molecule has 2 rings (SSSR count). The molecule has 0 spiro atoms. The first kappa shape index (κ1) is 14.3. The van der Waals surface area contributed by atoms with E-state index in [4.69, 9.17) is 5.73 Å². The maximum absolute atomic E-state index is 11.5. The number of nitrogen functional groups attached to an aromatic ring is 1. The first-order valence-electron chi connectivity index (χ1n) is 6.16. The van der Waals surface area contributed by atoms with Crippen LogP contribution >= 0.6 is 11.3 Å². The van der Waals surface area contributed by atoms with Gasteiger partial charge in [-0.15, -0.1) is 11.3 Å². The summed E-state index contributed by atoms with van der Waals surface area (Å²) < 4.78 is 4.67. The Labute approximate surface area is 121 Å². The molecule has 2 aromatic rings. The number of nitrogens with two attached hydrogens (primary N) is 1. The van der Waals surface area contributed by atoms with Crippen molar-refractivity contribution in [2.24, 2.45) is 0 Å². The van der Waals surface area contributed by atoms with Gasteiger partial charge in [0.05, 0.1) is 24.9 Å². The van der Waals surface area contributed by atoms with Gasteiger partial charge in [-0.25, -0.2) is 14.8 Å². The van der Waals surface area contributed by atoms with Gasteiger partial charge in [0.25, 0.3) is 0 Å². The van der Waals surface area contributed by atoms with E-state index < -0.39 is 5.97 Å². The molecule has 7 heteroatoms. The zero-order valence-corrected chi connectivity index (χ0v) is 12.2. The zero-order valence-electron chi connectivity index (χ0n) is 11.3. The van der Waals surface area contributed by atoms with E-state index in [0.29, 0.717) is 17.9 Å². The Kier molecular flexibility index (Phi) is 4.52. The molecule has 6 nitrogen and oxygen atoms in total. The van der Waals surface area contributed by atoms with Crippen molar-refractivity contribution < 1.29 is 9.53 Å². The predicted octanol–water partition coefficient (Wildman–Crippen LogP) is 2.08. The molecule has 2 heterocycles. The molecule has 0 saturated heterocycles. The predicted molar refractivity (Wildman–Crippen MR) is 78.8 cm³/mol. The van der Waals surface area contributed by atoms with Gasteiger partial charge >= 0.3 is 5.97 Å². The summed E-state index contributed by atoms with van der Waals surface area (Å²) in [4.78, 5) is 21.2. The van der Waals surface area contributed by atoms with Crippen molar-refractivity contribution in [2.75, 3.05) is 18.2 Å². The number of aromatic nitrogens is 2. The molecule has 20 heavy (non-hydrogen) atoms. The number of esters is 1. The highest BCUT2D eigenvalue weighted by Gasteiger charge is 2.13. The number of carbonyl (C=O) groups excluding carboxylic acids is 1. The van der Waals surface area contributed by atoms with Crippen molar-refractivity contribution in [3.05, 3.63) is 33.9 Å². The Morgan fingerprint density at radius 3 is 2.95 bits per heavy atom. The Hall–Kier alpha value is -2.15. The fourth-order valence-electron chi connectivity index (χ4n) is 1.65. The molecule has 106 valence electrons. The van der Waals surface area contributed by atoms with Crippen molar-refractivity contribution in [1.29, 1.82) is 0 Å². The molecule has 2 aromatic heterocycles. The number of anilines is 2. The number of hydrogen-bond donors (Lipinski definition) is 2. The Bertz CT molecular complexity index is 612. The topological polar surface area (TPSA) is 90.1 Å². The molecule has 0 amide bonds. The molecule has 0 aromatic carbocycles. The summed E-state index contributed by atoms with van der Waals surface area (Å²) in [5.74, 6) is -0.0170. The van der Waals surface area contributed by atoms with Gasteiger partial charge in [-0.3, -0.25) is 0 Å². The molecule has 0 aliphatic rings. The van der Waals surface area contributed by atoms with Gasteiger partial charge in [0.15, 0.2) is 0 Å². The second-order valence-corrected chi connectivity index (χ2v) is 5.24. The number of carbonyl (C=O) groups is 1. The van der Waals surface area contributed by atoms with Crippen LogP contribution in [0.5, 0.6) is 0 Å². The van der Waals surface area contributed by atoms with Crippen LogP contribution in [0, 0.1) is 0 Å². The molecule has 0 aliphatic heterocycles. The molecule has 0 aliphatic carbocycles. The fourth-order valence-corrected chi connectivity index (χ4v) is 2.46. The molecule has 0 radical (unpaired) electrons. The highest BCUT2D eigenvalue weighted by atomic mass is 32.1. The molecule has 3 N–H and O–H groups in total. The van der Waals surface area contributed by atoms with Crippen LogP contribution < -0.4 is 11.1 Å². The van der Waals surface area contributed by atoms with Crippen molar-refractivity contribution in [3.63, 3.8) is 0 Å². The first-order valence-corrected chi connectivity index (χ1v) is 6.97. The summed E-state index contributed by atoms with van der Waals surface area (Å²) in [6.45, 7) is 2.61. The molecule has 0 fully saturated rings. The van der Waals surface area contributed by atoms with E-state index >= 15 is 0 Å². The minimum absolute atomic E-state index is 0.284. The lowest BCUT2D eigenvalue weighted by atomic mass is 10.2. The lowest BCUT2D eigenvalue weighted by molar-refractivity contribution is 0.0602. The summed E-state index contributed by atoms with van der Waals surface area (Å²) in [6.07, 6.45) is 4.35. The molecular formula is C13H16N4O2S. The number of thiazole rings is 1. The minimum Gasteiger partial charge on any atom is -0.465 e. The van der Waals surface area contributed by atoms with Gasteiger partial charge in [0.1, 0.15) is 10.8 Å². The number of rotatable bonds is 5. The van der Waals surface area contributed by atoms with Crippen LogP contribution in [0.25, 0.3) is 0 Å². The maximum atomic E-state index is 11.5. The van der Waals surface area contributed by atoms with Crippen molar-refractivity contribution in [2.45, 2.75) is 19.9 Å². The number of pyridine rings is 1. The number of ether oxygens (including phenoxy) is 1. The quantitative estimate of drug-likeness (QED) is 0.820. The van der Waals surface area contributed by atoms with E-state index in [1.165, 1.54) is 24.3 Å². The third-order valence-corrected chi connectivity index (χ3v) is 3.89. The van der Waals surface area contributed by atoms with Crippen LogP contribution in [0.1, 0.15) is 27.2 Å². The zero-order chi connectivity index (χ0) is 14.5. The summed E-state index contributed by atoms with van der Waals surface area (Å²) in [7, 11) is 1.32. The van der Waals surface area contributed by atoms with Crippen LogP contribution in [0.3, 0.4) is 0 Å². The monoisotopic (exact) mass is 292 g/mol. The van der Waals surface area contributed by atoms with Gasteiger partial charge < -0.3 is 15.8 Å². The van der Waals surface area contributed by atoms with Gasteiger partial charge in [0.2, 0.25) is 0 Å². The molecule has 0 unspecified atom stereocenters. The summed E-state index contributed by atoms with van der Waals surface area (Å²) in [5.41, 5.74) is 6.50. The van der Waals surface area contributed by atoms with Gasteiger partial charge in [-0.1, -0.05) is 6.92 Å². The summed E-state index contributed by atoms with van der Waals surface area (Å²) >= 11 is 1.64. The largest absolute Gasteiger partial charge is 0.465 e. The molecular weight excluding hydrogens is 276 g/mol. The van der Waals surface area contributed by atoms with E-state index in [1.54, 1.807) is 11.3 Å². The van der Waals surface area contributed by atoms with Crippen molar-refractivity contribution >= 4 is 28.8 Å². The average molecular weight is 292 g/mol. The first-order chi connectivity index (χ1) is 9.65. The number of nitrogens with zero attached hydrogens (tertiary/aromatic N) is 2. The van der Waals surface area contributed by atoms with E-state index in [-0.39, 0.29) is 5.69 Å². The van der Waals surface area contributed by atoms with Crippen LogP contribution in [-0.4, -0.2) is 23.0 Å². The summed E-state index contributed by atoms with van der Waals surface area (Å²) in [6, 6.07) is 1.53. The number of aryl methyl sites for hydroxylation is 1. The Morgan fingerprint density at radius 1 is 1.50 bits per heavy atom. The second kappa shape index (κ2) is 6.33. The van der Waals surface area contributed by atoms with Crippen molar-refractivity contribution in [3.8, 4) is 0 Å². The van der Waals surface area contributed by atoms with Crippen LogP contribution in [0.2, 0.25) is 0 Å².